The lowest BCUT2D eigenvalue weighted by Gasteiger charge is -2.08. The van der Waals surface area contributed by atoms with Gasteiger partial charge in [0.25, 0.3) is 0 Å². The van der Waals surface area contributed by atoms with Gasteiger partial charge in [0.15, 0.2) is 0 Å². The van der Waals surface area contributed by atoms with Crippen LogP contribution < -0.4 is 11.1 Å². The molecule has 1 aromatic carbocycles. The zero-order valence-corrected chi connectivity index (χ0v) is 12.0. The topological polar surface area (TPSA) is 81.4 Å². The molecular formula is C12H15ClN2O3S. The highest BCUT2D eigenvalue weighted by atomic mass is 35.5. The summed E-state index contributed by atoms with van der Waals surface area (Å²) < 4.78 is 4.50. The van der Waals surface area contributed by atoms with Crippen molar-refractivity contribution in [3.63, 3.8) is 0 Å². The molecule has 1 aromatic rings. The minimum absolute atomic E-state index is 0.177. The van der Waals surface area contributed by atoms with Crippen LogP contribution in [0.1, 0.15) is 6.42 Å². The number of esters is 1. The first-order chi connectivity index (χ1) is 9.02. The second-order valence-electron chi connectivity index (χ2n) is 3.66. The van der Waals surface area contributed by atoms with Gasteiger partial charge in [-0.15, -0.1) is 0 Å². The van der Waals surface area contributed by atoms with Gasteiger partial charge >= 0.3 is 5.97 Å². The van der Waals surface area contributed by atoms with Crippen molar-refractivity contribution in [2.24, 2.45) is 0 Å². The Bertz CT molecular complexity index is 468. The highest BCUT2D eigenvalue weighted by molar-refractivity contribution is 7.99. The number of hydrogen-bond donors (Lipinski definition) is 2. The summed E-state index contributed by atoms with van der Waals surface area (Å²) in [6, 6.07) is 4.87. The number of amides is 1. The van der Waals surface area contributed by atoms with Crippen LogP contribution in [-0.2, 0) is 14.3 Å². The zero-order valence-electron chi connectivity index (χ0n) is 10.4. The quantitative estimate of drug-likeness (QED) is 0.478. The standard InChI is InChI=1S/C12H15ClN2O3S/c1-18-12(17)4-5-19-7-11(16)15-10-3-2-8(13)6-9(10)14/h2-3,6H,4-5,7,14H2,1H3,(H,15,16). The predicted octanol–water partition coefficient (Wildman–Crippen LogP) is 2.16. The van der Waals surface area contributed by atoms with Gasteiger partial charge in [-0.25, -0.2) is 0 Å². The normalized spacial score (nSPS) is 10.0. The van der Waals surface area contributed by atoms with Gasteiger partial charge in [0, 0.05) is 10.8 Å². The molecule has 0 fully saturated rings. The summed E-state index contributed by atoms with van der Waals surface area (Å²) in [5.41, 5.74) is 6.66. The van der Waals surface area contributed by atoms with Crippen LogP contribution in [0.15, 0.2) is 18.2 Å². The summed E-state index contributed by atoms with van der Waals surface area (Å²) in [5, 5.41) is 3.20. The summed E-state index contributed by atoms with van der Waals surface area (Å²) in [6.07, 6.45) is 0.289. The van der Waals surface area contributed by atoms with E-state index in [1.54, 1.807) is 18.2 Å². The van der Waals surface area contributed by atoms with E-state index in [9.17, 15) is 9.59 Å². The lowest BCUT2D eigenvalue weighted by Crippen LogP contribution is -2.15. The molecule has 0 saturated heterocycles. The Kier molecular flexibility index (Phi) is 6.52. The summed E-state index contributed by atoms with van der Waals surface area (Å²) in [4.78, 5) is 22.5. The van der Waals surface area contributed by atoms with Crippen LogP contribution in [0, 0.1) is 0 Å². The molecule has 0 radical (unpaired) electrons. The number of nitrogens with two attached hydrogens (primary N) is 1. The Labute approximate surface area is 120 Å². The van der Waals surface area contributed by atoms with Crippen molar-refractivity contribution in [3.05, 3.63) is 23.2 Å². The fraction of sp³-hybridized carbons (Fsp3) is 0.333. The van der Waals surface area contributed by atoms with E-state index in [1.807, 2.05) is 0 Å². The number of thioether (sulfide) groups is 1. The smallest absolute Gasteiger partial charge is 0.306 e. The highest BCUT2D eigenvalue weighted by Gasteiger charge is 2.07. The fourth-order valence-electron chi connectivity index (χ4n) is 1.26. The van der Waals surface area contributed by atoms with Gasteiger partial charge in [0.05, 0.1) is 30.7 Å². The van der Waals surface area contributed by atoms with Crippen molar-refractivity contribution in [1.82, 2.24) is 0 Å². The van der Waals surface area contributed by atoms with Crippen LogP contribution >= 0.6 is 23.4 Å². The van der Waals surface area contributed by atoms with Crippen LogP contribution in [-0.4, -0.2) is 30.5 Å². The number of carbonyl (C=O) groups excluding carboxylic acids is 2. The first-order valence-corrected chi connectivity index (χ1v) is 7.05. The van der Waals surface area contributed by atoms with Crippen LogP contribution in [0.25, 0.3) is 0 Å². The molecule has 0 heterocycles. The molecule has 0 aliphatic carbocycles. The molecule has 1 rings (SSSR count). The average Bonchev–Trinajstić information content (AvgIpc) is 2.37. The van der Waals surface area contributed by atoms with E-state index in [0.29, 0.717) is 22.2 Å². The molecule has 0 aliphatic rings. The maximum absolute atomic E-state index is 11.6. The molecule has 1 amide bonds. The molecule has 0 aliphatic heterocycles. The van der Waals surface area contributed by atoms with E-state index in [0.717, 1.165) is 0 Å². The number of anilines is 2. The summed E-state index contributed by atoms with van der Waals surface area (Å²) in [5.74, 6) is 0.327. The molecule has 0 bridgehead atoms. The van der Waals surface area contributed by atoms with Gasteiger partial charge < -0.3 is 15.8 Å². The van der Waals surface area contributed by atoms with Crippen molar-refractivity contribution < 1.29 is 14.3 Å². The first-order valence-electron chi connectivity index (χ1n) is 5.52. The van der Waals surface area contributed by atoms with Gasteiger partial charge in [0.1, 0.15) is 0 Å². The summed E-state index contributed by atoms with van der Waals surface area (Å²) >= 11 is 7.11. The number of methoxy groups -OCH3 is 1. The minimum atomic E-state index is -0.283. The second kappa shape index (κ2) is 7.91. The number of benzene rings is 1. The lowest BCUT2D eigenvalue weighted by molar-refractivity contribution is -0.140. The lowest BCUT2D eigenvalue weighted by atomic mass is 10.2. The third kappa shape index (κ3) is 5.85. The largest absolute Gasteiger partial charge is 0.469 e. The second-order valence-corrected chi connectivity index (χ2v) is 5.20. The number of halogens is 1. The maximum atomic E-state index is 11.6. The number of carbonyl (C=O) groups is 2. The van der Waals surface area contributed by atoms with Crippen molar-refractivity contribution in [2.45, 2.75) is 6.42 Å². The third-order valence-electron chi connectivity index (χ3n) is 2.20. The minimum Gasteiger partial charge on any atom is -0.469 e. The Balaban J connectivity index is 2.33. The zero-order chi connectivity index (χ0) is 14.3. The average molecular weight is 303 g/mol. The number of ether oxygens (including phenoxy) is 1. The monoisotopic (exact) mass is 302 g/mol. The molecule has 104 valence electrons. The van der Waals surface area contributed by atoms with E-state index >= 15 is 0 Å². The van der Waals surface area contributed by atoms with Gasteiger partial charge in [-0.3, -0.25) is 9.59 Å². The molecule has 0 aromatic heterocycles. The molecule has 0 spiro atoms. The van der Waals surface area contributed by atoms with E-state index in [1.165, 1.54) is 18.9 Å². The van der Waals surface area contributed by atoms with E-state index in [-0.39, 0.29) is 24.1 Å². The Hall–Kier alpha value is -1.40. The van der Waals surface area contributed by atoms with Gasteiger partial charge in [-0.1, -0.05) is 11.6 Å². The predicted molar refractivity (Wildman–Crippen MR) is 78.5 cm³/mol. The molecule has 0 saturated carbocycles. The number of nitrogens with one attached hydrogen (secondary N) is 1. The molecule has 0 unspecified atom stereocenters. The number of nitrogen functional groups attached to an aromatic ring is 1. The SMILES string of the molecule is COC(=O)CCSCC(=O)Nc1ccc(Cl)cc1N. The van der Waals surface area contributed by atoms with Crippen molar-refractivity contribution >= 4 is 46.6 Å². The maximum Gasteiger partial charge on any atom is 0.306 e. The summed E-state index contributed by atoms with van der Waals surface area (Å²) in [7, 11) is 1.34. The van der Waals surface area contributed by atoms with Gasteiger partial charge in [0.2, 0.25) is 5.91 Å². The van der Waals surface area contributed by atoms with E-state index < -0.39 is 0 Å². The highest BCUT2D eigenvalue weighted by Crippen LogP contribution is 2.22. The molecule has 7 heteroatoms. The molecule has 0 atom stereocenters. The number of rotatable bonds is 6. The molecular weight excluding hydrogens is 288 g/mol. The van der Waals surface area contributed by atoms with Crippen molar-refractivity contribution in [2.75, 3.05) is 29.7 Å². The Morgan fingerprint density at radius 3 is 2.84 bits per heavy atom. The van der Waals surface area contributed by atoms with E-state index in [2.05, 4.69) is 10.1 Å². The van der Waals surface area contributed by atoms with Crippen LogP contribution in [0.5, 0.6) is 0 Å². The number of hydrogen-bond acceptors (Lipinski definition) is 5. The molecule has 3 N–H and O–H groups in total. The van der Waals surface area contributed by atoms with Crippen LogP contribution in [0.4, 0.5) is 11.4 Å². The van der Waals surface area contributed by atoms with Gasteiger partial charge in [-0.05, 0) is 18.2 Å². The Morgan fingerprint density at radius 2 is 2.21 bits per heavy atom. The third-order valence-corrected chi connectivity index (χ3v) is 3.39. The fourth-order valence-corrected chi connectivity index (χ4v) is 2.15. The molecule has 19 heavy (non-hydrogen) atoms. The van der Waals surface area contributed by atoms with Crippen LogP contribution in [0.3, 0.4) is 0 Å². The van der Waals surface area contributed by atoms with E-state index in [4.69, 9.17) is 17.3 Å². The van der Waals surface area contributed by atoms with Gasteiger partial charge in [-0.2, -0.15) is 11.8 Å². The summed E-state index contributed by atoms with van der Waals surface area (Å²) in [6.45, 7) is 0. The molecule has 5 nitrogen and oxygen atoms in total. The van der Waals surface area contributed by atoms with Crippen molar-refractivity contribution in [3.8, 4) is 0 Å². The van der Waals surface area contributed by atoms with Crippen molar-refractivity contribution in [1.29, 1.82) is 0 Å². The Morgan fingerprint density at radius 1 is 1.47 bits per heavy atom. The first kappa shape index (κ1) is 15.7. The van der Waals surface area contributed by atoms with Crippen LogP contribution in [0.2, 0.25) is 5.02 Å².